The highest BCUT2D eigenvalue weighted by molar-refractivity contribution is 7.09. The van der Waals surface area contributed by atoms with E-state index in [4.69, 9.17) is 11.5 Å². The van der Waals surface area contributed by atoms with Crippen LogP contribution in [0.5, 0.6) is 5.75 Å². The number of aromatic nitrogens is 1. The van der Waals surface area contributed by atoms with Gasteiger partial charge in [0.2, 0.25) is 5.91 Å². The third-order valence-electron chi connectivity index (χ3n) is 6.06. The van der Waals surface area contributed by atoms with Crippen LogP contribution in [-0.2, 0) is 11.2 Å². The first-order valence-electron chi connectivity index (χ1n) is 11.6. The zero-order valence-corrected chi connectivity index (χ0v) is 21.6. The first-order chi connectivity index (χ1) is 17.0. The molecule has 2 aromatic carbocycles. The molecule has 0 aliphatic carbocycles. The SMILES string of the molecule is CCc1ccc(N(C(=O)c2snc(C(N)=O)c2N)C(C(=O)NC(C)(C)CC)c2ccc(O)cc2)cc1. The molecule has 0 aliphatic rings. The van der Waals surface area contributed by atoms with Crippen LogP contribution in [0.25, 0.3) is 0 Å². The molecule has 1 unspecified atom stereocenters. The average molecular weight is 510 g/mol. The van der Waals surface area contributed by atoms with Crippen molar-refractivity contribution >= 4 is 40.6 Å². The number of aromatic hydroxyl groups is 1. The van der Waals surface area contributed by atoms with E-state index in [2.05, 4.69) is 9.69 Å². The smallest absolute Gasteiger partial charge is 0.273 e. The number of hydrogen-bond donors (Lipinski definition) is 4. The Bertz CT molecular complexity index is 1250. The van der Waals surface area contributed by atoms with Crippen molar-refractivity contribution < 1.29 is 19.5 Å². The molecule has 0 saturated heterocycles. The van der Waals surface area contributed by atoms with E-state index in [0.29, 0.717) is 17.7 Å². The van der Waals surface area contributed by atoms with Gasteiger partial charge in [-0.05, 0) is 73.6 Å². The minimum Gasteiger partial charge on any atom is -0.508 e. The van der Waals surface area contributed by atoms with Gasteiger partial charge < -0.3 is 21.9 Å². The largest absolute Gasteiger partial charge is 0.508 e. The lowest BCUT2D eigenvalue weighted by atomic mass is 9.97. The molecule has 3 amide bonds. The number of nitrogens with zero attached hydrogens (tertiary/aromatic N) is 2. The second-order valence-corrected chi connectivity index (χ2v) is 9.83. The van der Waals surface area contributed by atoms with Gasteiger partial charge in [0.15, 0.2) is 5.69 Å². The maximum absolute atomic E-state index is 14.0. The van der Waals surface area contributed by atoms with Gasteiger partial charge >= 0.3 is 0 Å². The number of nitrogens with one attached hydrogen (secondary N) is 1. The number of carbonyl (C=O) groups excluding carboxylic acids is 3. The van der Waals surface area contributed by atoms with Crippen molar-refractivity contribution in [1.29, 1.82) is 0 Å². The number of amides is 3. The molecule has 3 aromatic rings. The summed E-state index contributed by atoms with van der Waals surface area (Å²) < 4.78 is 3.96. The molecular weight excluding hydrogens is 478 g/mol. The van der Waals surface area contributed by atoms with Gasteiger partial charge in [-0.1, -0.05) is 38.1 Å². The van der Waals surface area contributed by atoms with Crippen molar-refractivity contribution in [3.8, 4) is 5.75 Å². The molecule has 0 radical (unpaired) electrons. The van der Waals surface area contributed by atoms with Crippen LogP contribution in [0.4, 0.5) is 11.4 Å². The number of phenolic OH excluding ortho intramolecular Hbond substituents is 1. The molecule has 1 aromatic heterocycles. The standard InChI is InChI=1S/C26H31N5O4S/c1-5-15-7-11-17(12-8-15)31(25(35)22-19(27)20(23(28)33)30-36-22)21(16-9-13-18(32)14-10-16)24(34)29-26(3,4)6-2/h7-14,21,32H,5-6,27H2,1-4H3,(H2,28,33)(H,29,34). The number of phenols is 1. The van der Waals surface area contributed by atoms with E-state index < -0.39 is 29.3 Å². The summed E-state index contributed by atoms with van der Waals surface area (Å²) in [6.07, 6.45) is 1.45. The zero-order chi connectivity index (χ0) is 26.6. The molecule has 1 atom stereocenters. The lowest BCUT2D eigenvalue weighted by Gasteiger charge is -2.34. The molecule has 0 saturated carbocycles. The van der Waals surface area contributed by atoms with Crippen molar-refractivity contribution in [2.45, 2.75) is 52.1 Å². The van der Waals surface area contributed by atoms with Crippen LogP contribution < -0.4 is 21.7 Å². The summed E-state index contributed by atoms with van der Waals surface area (Å²) in [5.41, 5.74) is 12.6. The number of hydrogen-bond acceptors (Lipinski definition) is 7. The summed E-state index contributed by atoms with van der Waals surface area (Å²) in [6.45, 7) is 7.75. The predicted molar refractivity (Wildman–Crippen MR) is 141 cm³/mol. The molecule has 3 rings (SSSR count). The van der Waals surface area contributed by atoms with Crippen molar-refractivity contribution in [2.75, 3.05) is 10.6 Å². The Morgan fingerprint density at radius 3 is 2.19 bits per heavy atom. The summed E-state index contributed by atoms with van der Waals surface area (Å²) in [5, 5.41) is 12.9. The molecule has 1 heterocycles. The number of anilines is 2. The van der Waals surface area contributed by atoms with Crippen molar-refractivity contribution in [3.63, 3.8) is 0 Å². The first-order valence-corrected chi connectivity index (χ1v) is 12.3. The van der Waals surface area contributed by atoms with E-state index in [1.165, 1.54) is 17.0 Å². The molecule has 10 heteroatoms. The molecule has 36 heavy (non-hydrogen) atoms. The van der Waals surface area contributed by atoms with Crippen LogP contribution in [0.1, 0.15) is 71.4 Å². The van der Waals surface area contributed by atoms with Crippen molar-refractivity contribution in [3.05, 3.63) is 70.2 Å². The molecule has 0 fully saturated rings. The van der Waals surface area contributed by atoms with Crippen LogP contribution in [0.3, 0.4) is 0 Å². The number of rotatable bonds is 9. The van der Waals surface area contributed by atoms with Gasteiger partial charge in [-0.2, -0.15) is 4.37 Å². The quantitative estimate of drug-likeness (QED) is 0.344. The third-order valence-corrected chi connectivity index (χ3v) is 6.91. The second-order valence-electron chi connectivity index (χ2n) is 9.05. The number of benzene rings is 2. The molecule has 9 nitrogen and oxygen atoms in total. The molecule has 0 bridgehead atoms. The minimum absolute atomic E-state index is 0.00491. The number of carbonyl (C=O) groups is 3. The van der Waals surface area contributed by atoms with Crippen molar-refractivity contribution in [1.82, 2.24) is 9.69 Å². The zero-order valence-electron chi connectivity index (χ0n) is 20.7. The van der Waals surface area contributed by atoms with Gasteiger partial charge in [-0.3, -0.25) is 19.3 Å². The molecule has 6 N–H and O–H groups in total. The highest BCUT2D eigenvalue weighted by Crippen LogP contribution is 2.34. The van der Waals surface area contributed by atoms with E-state index >= 15 is 0 Å². The number of primary amides is 1. The van der Waals surface area contributed by atoms with Gasteiger partial charge in [0.05, 0.1) is 5.69 Å². The maximum Gasteiger partial charge on any atom is 0.273 e. The van der Waals surface area contributed by atoms with E-state index in [0.717, 1.165) is 23.5 Å². The summed E-state index contributed by atoms with van der Waals surface area (Å²) in [6, 6.07) is 12.2. The minimum atomic E-state index is -1.12. The molecule has 0 spiro atoms. The molecule has 0 aliphatic heterocycles. The third kappa shape index (κ3) is 5.65. The van der Waals surface area contributed by atoms with Crippen LogP contribution >= 0.6 is 11.5 Å². The fraction of sp³-hybridized carbons (Fsp3) is 0.308. The Labute approximate surface area is 214 Å². The summed E-state index contributed by atoms with van der Waals surface area (Å²) in [4.78, 5) is 40.9. The normalized spacial score (nSPS) is 12.1. The Morgan fingerprint density at radius 1 is 1.08 bits per heavy atom. The highest BCUT2D eigenvalue weighted by atomic mass is 32.1. The Morgan fingerprint density at radius 2 is 1.69 bits per heavy atom. The van der Waals surface area contributed by atoms with E-state index in [1.54, 1.807) is 24.3 Å². The van der Waals surface area contributed by atoms with Crippen LogP contribution in [0.2, 0.25) is 0 Å². The van der Waals surface area contributed by atoms with Gasteiger partial charge in [0, 0.05) is 11.2 Å². The fourth-order valence-corrected chi connectivity index (χ4v) is 4.32. The van der Waals surface area contributed by atoms with E-state index in [1.807, 2.05) is 39.8 Å². The first kappa shape index (κ1) is 26.7. The number of nitrogen functional groups attached to an aromatic ring is 1. The second kappa shape index (κ2) is 10.8. The highest BCUT2D eigenvalue weighted by Gasteiger charge is 2.37. The molecular formula is C26H31N5O4S. The fourth-order valence-electron chi connectivity index (χ4n) is 3.58. The van der Waals surface area contributed by atoms with Gasteiger partial charge in [0.25, 0.3) is 11.8 Å². The summed E-state index contributed by atoms with van der Waals surface area (Å²) >= 11 is 0.749. The Balaban J connectivity index is 2.22. The van der Waals surface area contributed by atoms with Crippen LogP contribution in [0.15, 0.2) is 48.5 Å². The van der Waals surface area contributed by atoms with E-state index in [-0.39, 0.29) is 22.0 Å². The van der Waals surface area contributed by atoms with Gasteiger partial charge in [-0.25, -0.2) is 0 Å². The Kier molecular flexibility index (Phi) is 7.99. The van der Waals surface area contributed by atoms with Crippen LogP contribution in [0, 0.1) is 0 Å². The van der Waals surface area contributed by atoms with E-state index in [9.17, 15) is 19.5 Å². The topological polar surface area (TPSA) is 152 Å². The summed E-state index contributed by atoms with van der Waals surface area (Å²) in [7, 11) is 0. The lowest BCUT2D eigenvalue weighted by molar-refractivity contribution is -0.124. The maximum atomic E-state index is 14.0. The molecule has 190 valence electrons. The predicted octanol–water partition coefficient (Wildman–Crippen LogP) is 3.79. The Hall–Kier alpha value is -3.92. The van der Waals surface area contributed by atoms with Crippen molar-refractivity contribution in [2.24, 2.45) is 5.73 Å². The van der Waals surface area contributed by atoms with Crippen LogP contribution in [-0.4, -0.2) is 32.7 Å². The van der Waals surface area contributed by atoms with Gasteiger partial charge in [-0.15, -0.1) is 0 Å². The lowest BCUT2D eigenvalue weighted by Crippen LogP contribution is -2.50. The summed E-state index contributed by atoms with van der Waals surface area (Å²) in [5.74, 6) is -1.85. The average Bonchev–Trinajstić information content (AvgIpc) is 3.24. The monoisotopic (exact) mass is 509 g/mol. The number of aryl methyl sites for hydroxylation is 1. The van der Waals surface area contributed by atoms with Gasteiger partial charge in [0.1, 0.15) is 16.7 Å². The number of nitrogens with two attached hydrogens (primary N) is 2.